The number of halogens is 1. The first kappa shape index (κ1) is 26.4. The van der Waals surface area contributed by atoms with E-state index >= 15 is 0 Å². The Morgan fingerprint density at radius 1 is 1.00 bits per heavy atom. The molecule has 5 aromatic rings. The number of carbonyl (C=O) groups excluding carboxylic acids is 1. The maximum atomic E-state index is 12.7. The van der Waals surface area contributed by atoms with Gasteiger partial charge in [-0.1, -0.05) is 61.8 Å². The van der Waals surface area contributed by atoms with Crippen molar-refractivity contribution in [3.8, 4) is 17.2 Å². The molecule has 0 unspecified atom stereocenters. The highest BCUT2D eigenvalue weighted by atomic mass is 35.5. The Hall–Kier alpha value is -4.20. The molecule has 0 fully saturated rings. The van der Waals surface area contributed by atoms with Crippen LogP contribution in [0.2, 0.25) is 5.02 Å². The number of carbonyl (C=O) groups is 1. The summed E-state index contributed by atoms with van der Waals surface area (Å²) in [6.45, 7) is 4.71. The second-order valence-corrected chi connectivity index (χ2v) is 10.1. The van der Waals surface area contributed by atoms with Crippen molar-refractivity contribution in [3.05, 3.63) is 113 Å². The zero-order valence-electron chi connectivity index (χ0n) is 21.4. The molecular formula is C31H26ClN3O3S. The third-order valence-corrected chi connectivity index (χ3v) is 6.66. The molecule has 0 saturated heterocycles. The van der Waals surface area contributed by atoms with E-state index in [0.717, 1.165) is 11.1 Å². The number of benzene rings is 4. The molecule has 5 rings (SSSR count). The molecule has 6 nitrogen and oxygen atoms in total. The summed E-state index contributed by atoms with van der Waals surface area (Å²) in [5, 5.41) is 6.37. The molecule has 8 heteroatoms. The minimum Gasteiger partial charge on any atom is -0.489 e. The van der Waals surface area contributed by atoms with Crippen LogP contribution in [0, 0.1) is 0 Å². The van der Waals surface area contributed by atoms with Crippen molar-refractivity contribution in [3.63, 3.8) is 0 Å². The standard InChI is InChI=1S/C31H26ClN3O3S/c1-19(2)22-10-15-28-27(16-22)34-30(38-28)25-17-23(11-14-26(25)32)33-31(39)35-29(36)21-8-12-24(13-9-21)37-18-20-6-4-3-5-7-20/h3-17,19H,18H2,1-2H3,(H2,33,35,36,39). The van der Waals surface area contributed by atoms with E-state index in [-0.39, 0.29) is 11.0 Å². The van der Waals surface area contributed by atoms with Crippen LogP contribution in [0.15, 0.2) is 95.4 Å². The lowest BCUT2D eigenvalue weighted by Gasteiger charge is -2.11. The van der Waals surface area contributed by atoms with E-state index in [1.165, 1.54) is 5.56 Å². The van der Waals surface area contributed by atoms with Crippen LogP contribution in [0.4, 0.5) is 5.69 Å². The monoisotopic (exact) mass is 555 g/mol. The van der Waals surface area contributed by atoms with Gasteiger partial charge in [-0.25, -0.2) is 4.98 Å². The zero-order valence-corrected chi connectivity index (χ0v) is 23.0. The number of hydrogen-bond donors (Lipinski definition) is 2. The van der Waals surface area contributed by atoms with Gasteiger partial charge in [0.25, 0.3) is 5.91 Å². The average Bonchev–Trinajstić information content (AvgIpc) is 3.37. The van der Waals surface area contributed by atoms with Gasteiger partial charge in [0, 0.05) is 11.3 Å². The lowest BCUT2D eigenvalue weighted by molar-refractivity contribution is 0.0977. The van der Waals surface area contributed by atoms with Crippen molar-refractivity contribution in [2.24, 2.45) is 0 Å². The summed E-state index contributed by atoms with van der Waals surface area (Å²) < 4.78 is 11.8. The van der Waals surface area contributed by atoms with Gasteiger partial charge in [0.2, 0.25) is 5.89 Å². The second kappa shape index (κ2) is 11.7. The minimum atomic E-state index is -0.337. The maximum Gasteiger partial charge on any atom is 0.257 e. The number of aromatic nitrogens is 1. The Kier molecular flexibility index (Phi) is 7.91. The molecule has 0 bridgehead atoms. The molecule has 0 aliphatic heterocycles. The summed E-state index contributed by atoms with van der Waals surface area (Å²) in [6, 6.07) is 28.0. The Balaban J connectivity index is 1.22. The van der Waals surface area contributed by atoms with Crippen molar-refractivity contribution in [2.75, 3.05) is 5.32 Å². The van der Waals surface area contributed by atoms with Crippen LogP contribution in [-0.2, 0) is 6.61 Å². The number of nitrogens with one attached hydrogen (secondary N) is 2. The molecule has 0 radical (unpaired) electrons. The molecular weight excluding hydrogens is 530 g/mol. The van der Waals surface area contributed by atoms with Gasteiger partial charge in [0.15, 0.2) is 10.7 Å². The van der Waals surface area contributed by atoms with E-state index in [9.17, 15) is 4.79 Å². The molecule has 1 heterocycles. The Labute approximate surface area is 237 Å². The normalized spacial score (nSPS) is 11.0. The highest BCUT2D eigenvalue weighted by Gasteiger charge is 2.15. The molecule has 0 spiro atoms. The van der Waals surface area contributed by atoms with Crippen molar-refractivity contribution in [2.45, 2.75) is 26.4 Å². The zero-order chi connectivity index (χ0) is 27.4. The van der Waals surface area contributed by atoms with Crippen molar-refractivity contribution in [1.82, 2.24) is 10.3 Å². The van der Waals surface area contributed by atoms with Gasteiger partial charge in [-0.2, -0.15) is 0 Å². The van der Waals surface area contributed by atoms with Crippen LogP contribution >= 0.6 is 23.8 Å². The second-order valence-electron chi connectivity index (χ2n) is 9.30. The number of ether oxygens (including phenoxy) is 1. The van der Waals surface area contributed by atoms with Gasteiger partial charge in [-0.15, -0.1) is 0 Å². The fourth-order valence-electron chi connectivity index (χ4n) is 3.97. The Bertz CT molecular complexity index is 1630. The number of nitrogens with zero attached hydrogens (tertiary/aromatic N) is 1. The van der Waals surface area contributed by atoms with Crippen LogP contribution in [0.3, 0.4) is 0 Å². The van der Waals surface area contributed by atoms with E-state index in [4.69, 9.17) is 33.0 Å². The lowest BCUT2D eigenvalue weighted by Crippen LogP contribution is -2.34. The van der Waals surface area contributed by atoms with Gasteiger partial charge in [0.1, 0.15) is 17.9 Å². The van der Waals surface area contributed by atoms with Gasteiger partial charge < -0.3 is 14.5 Å². The predicted molar refractivity (Wildman–Crippen MR) is 159 cm³/mol. The van der Waals surface area contributed by atoms with Crippen molar-refractivity contribution >= 4 is 51.6 Å². The van der Waals surface area contributed by atoms with E-state index in [2.05, 4.69) is 29.5 Å². The fourth-order valence-corrected chi connectivity index (χ4v) is 4.38. The lowest BCUT2D eigenvalue weighted by atomic mass is 10.0. The van der Waals surface area contributed by atoms with Gasteiger partial charge in [-0.05, 0) is 83.9 Å². The Morgan fingerprint density at radius 3 is 2.51 bits per heavy atom. The van der Waals surface area contributed by atoms with E-state index in [1.54, 1.807) is 42.5 Å². The molecule has 4 aromatic carbocycles. The van der Waals surface area contributed by atoms with Crippen molar-refractivity contribution in [1.29, 1.82) is 0 Å². The van der Waals surface area contributed by atoms with Crippen LogP contribution in [0.25, 0.3) is 22.6 Å². The summed E-state index contributed by atoms with van der Waals surface area (Å²) >= 11 is 11.8. The molecule has 1 amide bonds. The summed E-state index contributed by atoms with van der Waals surface area (Å²) in [4.78, 5) is 17.4. The van der Waals surface area contributed by atoms with E-state index < -0.39 is 0 Å². The third-order valence-electron chi connectivity index (χ3n) is 6.12. The fraction of sp³-hybridized carbons (Fsp3) is 0.129. The van der Waals surface area contributed by atoms with E-state index in [0.29, 0.717) is 51.6 Å². The highest BCUT2D eigenvalue weighted by molar-refractivity contribution is 7.80. The third kappa shape index (κ3) is 6.45. The largest absolute Gasteiger partial charge is 0.489 e. The summed E-state index contributed by atoms with van der Waals surface area (Å²) in [6.07, 6.45) is 0. The number of rotatable bonds is 7. The number of oxazole rings is 1. The number of hydrogen-bond acceptors (Lipinski definition) is 5. The van der Waals surface area contributed by atoms with E-state index in [1.807, 2.05) is 48.5 Å². The van der Waals surface area contributed by atoms with Crippen molar-refractivity contribution < 1.29 is 13.9 Å². The number of anilines is 1. The first-order valence-electron chi connectivity index (χ1n) is 12.5. The van der Waals surface area contributed by atoms with Crippen LogP contribution < -0.4 is 15.4 Å². The number of amides is 1. The first-order chi connectivity index (χ1) is 18.9. The molecule has 196 valence electrons. The minimum absolute atomic E-state index is 0.150. The average molecular weight is 556 g/mol. The highest BCUT2D eigenvalue weighted by Crippen LogP contribution is 2.33. The quantitative estimate of drug-likeness (QED) is 0.198. The molecule has 2 N–H and O–H groups in total. The molecule has 1 aromatic heterocycles. The molecule has 0 aliphatic rings. The summed E-state index contributed by atoms with van der Waals surface area (Å²) in [5.41, 5.74) is 5.40. The molecule has 39 heavy (non-hydrogen) atoms. The molecule has 0 atom stereocenters. The van der Waals surface area contributed by atoms with Gasteiger partial charge >= 0.3 is 0 Å². The number of fused-ring (bicyclic) bond motifs is 1. The SMILES string of the molecule is CC(C)c1ccc2oc(-c3cc(NC(=S)NC(=O)c4ccc(OCc5ccccc5)cc4)ccc3Cl)nc2c1. The summed E-state index contributed by atoms with van der Waals surface area (Å²) in [5.74, 6) is 1.12. The smallest absolute Gasteiger partial charge is 0.257 e. The topological polar surface area (TPSA) is 76.4 Å². The van der Waals surface area contributed by atoms with Gasteiger partial charge in [-0.3, -0.25) is 10.1 Å². The Morgan fingerprint density at radius 2 is 1.77 bits per heavy atom. The maximum absolute atomic E-state index is 12.7. The van der Waals surface area contributed by atoms with Crippen LogP contribution in [0.5, 0.6) is 5.75 Å². The van der Waals surface area contributed by atoms with Crippen LogP contribution in [0.1, 0.15) is 41.3 Å². The van der Waals surface area contributed by atoms with Gasteiger partial charge in [0.05, 0.1) is 10.6 Å². The molecule has 0 saturated carbocycles. The first-order valence-corrected chi connectivity index (χ1v) is 13.2. The predicted octanol–water partition coefficient (Wildman–Crippen LogP) is 7.98. The van der Waals surface area contributed by atoms with Crippen LogP contribution in [-0.4, -0.2) is 16.0 Å². The molecule has 0 aliphatic carbocycles. The summed E-state index contributed by atoms with van der Waals surface area (Å²) in [7, 11) is 0. The number of thiocarbonyl (C=S) groups is 1.